The number of nitrogens with one attached hydrogen (secondary N) is 1. The average molecular weight is 455 g/mol. The van der Waals surface area contributed by atoms with Crippen molar-refractivity contribution in [3.63, 3.8) is 0 Å². The quantitative estimate of drug-likeness (QED) is 0.563. The Morgan fingerprint density at radius 2 is 1.43 bits per heavy atom. The van der Waals surface area contributed by atoms with E-state index in [0.717, 1.165) is 12.5 Å². The minimum Gasteiger partial charge on any atom is -1.00 e. The molecule has 1 fully saturated rings. The Balaban J connectivity index is 0.00000156. The van der Waals surface area contributed by atoms with E-state index in [2.05, 4.69) is 53.3 Å². The van der Waals surface area contributed by atoms with E-state index in [9.17, 15) is 0 Å². The molecule has 1 aliphatic carbocycles. The third-order valence-electron chi connectivity index (χ3n) is 4.60. The average Bonchev–Trinajstić information content (AvgIpc) is 2.59. The van der Waals surface area contributed by atoms with E-state index in [0.29, 0.717) is 0 Å². The van der Waals surface area contributed by atoms with Crippen molar-refractivity contribution < 1.29 is 24.0 Å². The minimum absolute atomic E-state index is 0. The highest BCUT2D eigenvalue weighted by Gasteiger charge is 2.36. The molecule has 0 amide bonds. The highest BCUT2D eigenvalue weighted by atomic mass is 127. The molecule has 1 aliphatic heterocycles. The highest BCUT2D eigenvalue weighted by molar-refractivity contribution is 8.03. The van der Waals surface area contributed by atoms with Crippen LogP contribution >= 0.6 is 11.8 Å². The zero-order valence-electron chi connectivity index (χ0n) is 13.1. The van der Waals surface area contributed by atoms with E-state index >= 15 is 0 Å². The summed E-state index contributed by atoms with van der Waals surface area (Å²) < 4.78 is 3.92. The first-order chi connectivity index (χ1) is 10.9. The van der Waals surface area contributed by atoms with Crippen molar-refractivity contribution in [2.24, 2.45) is 5.92 Å². The fraction of sp³-hybridized carbons (Fsp3) is 0.368. The van der Waals surface area contributed by atoms with E-state index < -0.39 is 0 Å². The highest BCUT2D eigenvalue weighted by Crippen LogP contribution is 2.44. The first-order valence-electron chi connectivity index (χ1n) is 8.25. The third-order valence-corrected chi connectivity index (χ3v) is 8.06. The van der Waals surface area contributed by atoms with Crippen LogP contribution in [0, 0.1) is 5.92 Å². The molecule has 1 saturated carbocycles. The number of rotatable bonds is 3. The predicted octanol–water partition coefficient (Wildman–Crippen LogP) is 2.28. The molecule has 0 bridgehead atoms. The van der Waals surface area contributed by atoms with E-state index in [4.69, 9.17) is 0 Å². The van der Waals surface area contributed by atoms with Crippen molar-refractivity contribution in [3.8, 4) is 0 Å². The first-order valence-corrected chi connectivity index (χ1v) is 10.3. The van der Waals surface area contributed by atoms with Crippen molar-refractivity contribution in [1.29, 1.82) is 0 Å². The fourth-order valence-electron chi connectivity index (χ4n) is 3.39. The third kappa shape index (κ3) is 3.91. The molecule has 0 atom stereocenters. The second-order valence-electron chi connectivity index (χ2n) is 6.15. The molecule has 0 spiro atoms. The number of benzene rings is 2. The maximum absolute atomic E-state index is 3.92. The molecule has 4 heteroatoms. The minimum atomic E-state index is 0. The monoisotopic (exact) mass is 455 g/mol. The standard InChI is InChI=1S/C19H22NS2.HI/c1-2-8-15(9-3-1)14-20-22-18-12-6-4-10-16(18)21-17-11-5-7-13-19(17)22;/h4-7,10-13,15,20H,1-3,8-9,14H2;1H/q+1;/p-1. The Hall–Kier alpha value is -0.170. The summed E-state index contributed by atoms with van der Waals surface area (Å²) in [6.07, 6.45) is 7.08. The predicted molar refractivity (Wildman–Crippen MR) is 95.5 cm³/mol. The van der Waals surface area contributed by atoms with Crippen molar-refractivity contribution in [2.45, 2.75) is 51.7 Å². The van der Waals surface area contributed by atoms with Gasteiger partial charge in [-0.2, -0.15) is 0 Å². The van der Waals surface area contributed by atoms with Gasteiger partial charge in [0.05, 0.1) is 9.79 Å². The number of fused-ring (bicyclic) bond motifs is 2. The molecule has 1 nitrogen and oxygen atoms in total. The van der Waals surface area contributed by atoms with Crippen molar-refractivity contribution in [1.82, 2.24) is 4.72 Å². The molecule has 4 rings (SSSR count). The smallest absolute Gasteiger partial charge is 0.195 e. The Morgan fingerprint density at radius 3 is 2.04 bits per heavy atom. The van der Waals surface area contributed by atoms with Crippen LogP contribution < -0.4 is 28.7 Å². The Morgan fingerprint density at radius 1 is 0.870 bits per heavy atom. The van der Waals surface area contributed by atoms with Crippen molar-refractivity contribution in [3.05, 3.63) is 48.5 Å². The molecule has 0 aromatic heterocycles. The van der Waals surface area contributed by atoms with E-state index in [1.54, 1.807) is 0 Å². The summed E-state index contributed by atoms with van der Waals surface area (Å²) in [5.74, 6) is 0.871. The molecule has 2 aromatic rings. The van der Waals surface area contributed by atoms with E-state index in [1.165, 1.54) is 51.7 Å². The summed E-state index contributed by atoms with van der Waals surface area (Å²) in [6.45, 7) is 1.16. The summed E-state index contributed by atoms with van der Waals surface area (Å²) in [7, 11) is 0. The summed E-state index contributed by atoms with van der Waals surface area (Å²) in [5, 5.41) is 0. The van der Waals surface area contributed by atoms with Crippen LogP contribution in [0.1, 0.15) is 32.1 Å². The van der Waals surface area contributed by atoms with Crippen LogP contribution in [0.25, 0.3) is 0 Å². The molecule has 0 radical (unpaired) electrons. The van der Waals surface area contributed by atoms with Gasteiger partial charge in [0.1, 0.15) is 0 Å². The second-order valence-corrected chi connectivity index (χ2v) is 9.02. The Bertz CT molecular complexity index is 610. The molecule has 2 aromatic carbocycles. The summed E-state index contributed by atoms with van der Waals surface area (Å²) >= 11 is 1.95. The number of halogens is 1. The lowest BCUT2D eigenvalue weighted by Crippen LogP contribution is -3.00. The van der Waals surface area contributed by atoms with Crippen molar-refractivity contribution >= 4 is 22.8 Å². The molecular weight excluding hydrogens is 433 g/mol. The lowest BCUT2D eigenvalue weighted by Gasteiger charge is -2.23. The van der Waals surface area contributed by atoms with Gasteiger partial charge in [0.15, 0.2) is 20.9 Å². The first kappa shape index (κ1) is 17.6. The summed E-state index contributed by atoms with van der Waals surface area (Å²) in [6, 6.07) is 17.8. The van der Waals surface area contributed by atoms with Crippen LogP contribution in [0.15, 0.2) is 68.1 Å². The van der Waals surface area contributed by atoms with Crippen LogP contribution in [-0.4, -0.2) is 6.54 Å². The van der Waals surface area contributed by atoms with Gasteiger partial charge in [-0.05, 0) is 43.0 Å². The maximum atomic E-state index is 3.92. The largest absolute Gasteiger partial charge is 1.00 e. The van der Waals surface area contributed by atoms with Crippen LogP contribution in [0.5, 0.6) is 0 Å². The van der Waals surface area contributed by atoms with Gasteiger partial charge in [0.25, 0.3) is 0 Å². The molecule has 2 aliphatic rings. The summed E-state index contributed by atoms with van der Waals surface area (Å²) in [5.41, 5.74) is 0. The van der Waals surface area contributed by atoms with Gasteiger partial charge in [-0.1, -0.05) is 55.3 Å². The molecule has 1 N–H and O–H groups in total. The van der Waals surface area contributed by atoms with Gasteiger partial charge >= 0.3 is 0 Å². The van der Waals surface area contributed by atoms with Gasteiger partial charge in [-0.25, -0.2) is 0 Å². The molecule has 1 heterocycles. The van der Waals surface area contributed by atoms with Gasteiger partial charge in [-0.15, -0.1) is 4.72 Å². The molecule has 23 heavy (non-hydrogen) atoms. The van der Waals surface area contributed by atoms with Crippen LogP contribution in [0.3, 0.4) is 0 Å². The van der Waals surface area contributed by atoms with Crippen LogP contribution in [-0.2, 0) is 11.1 Å². The van der Waals surface area contributed by atoms with Gasteiger partial charge in [-0.3, -0.25) is 0 Å². The number of hydrogen-bond acceptors (Lipinski definition) is 2. The van der Waals surface area contributed by atoms with Gasteiger partial charge in [0.2, 0.25) is 0 Å². The fourth-order valence-corrected chi connectivity index (χ4v) is 6.93. The lowest BCUT2D eigenvalue weighted by molar-refractivity contribution is -0.00000442. The number of hydrogen-bond donors (Lipinski definition) is 1. The molecule has 122 valence electrons. The van der Waals surface area contributed by atoms with Crippen molar-refractivity contribution in [2.75, 3.05) is 6.54 Å². The summed E-state index contributed by atoms with van der Waals surface area (Å²) in [4.78, 5) is 5.78. The maximum Gasteiger partial charge on any atom is 0.195 e. The van der Waals surface area contributed by atoms with E-state index in [-0.39, 0.29) is 35.1 Å². The van der Waals surface area contributed by atoms with Gasteiger partial charge in [0, 0.05) is 6.54 Å². The van der Waals surface area contributed by atoms with Crippen LogP contribution in [0.2, 0.25) is 0 Å². The molecule has 0 saturated heterocycles. The zero-order chi connectivity index (χ0) is 14.8. The van der Waals surface area contributed by atoms with E-state index in [1.807, 2.05) is 11.8 Å². The molecule has 0 unspecified atom stereocenters. The molecular formula is C19H22INS2. The van der Waals surface area contributed by atoms with Gasteiger partial charge < -0.3 is 24.0 Å². The zero-order valence-corrected chi connectivity index (χ0v) is 16.9. The Kier molecular flexibility index (Phi) is 6.35. The Labute approximate surface area is 163 Å². The lowest BCUT2D eigenvalue weighted by atomic mass is 9.90. The topological polar surface area (TPSA) is 12.0 Å². The normalized spacial score (nSPS) is 17.9. The SMILES string of the molecule is [I-].c1ccc2c(c1)Sc1ccccc1[S+]2NCC1CCCCC1. The van der Waals surface area contributed by atoms with Crippen LogP contribution in [0.4, 0.5) is 0 Å². The second kappa shape index (κ2) is 8.28.